The molecule has 7 rings (SSSR count). The van der Waals surface area contributed by atoms with Gasteiger partial charge in [-0.2, -0.15) is 18.2 Å². The third kappa shape index (κ3) is 3.87. The standard InChI is InChI=1S/C29H28F3N5O2/c1-36-14-17-6-3-5-16-11-19(12-18(15-36)23(16)17)34-27-33-13-21(29(30,31)32)25(35-27)39-22-8-4-7-20-24(22)26(38)37(2)28(20)9-10-28/h4,7-8,11-13,17H,3,5-6,9-10,14-15H2,1-2H3,(H,33,34,35). The number of ether oxygens (including phenoxy) is 1. The van der Waals surface area contributed by atoms with E-state index in [2.05, 4.69) is 33.3 Å². The molecule has 7 nitrogen and oxygen atoms in total. The van der Waals surface area contributed by atoms with Crippen LogP contribution in [0.15, 0.2) is 36.5 Å². The van der Waals surface area contributed by atoms with Crippen LogP contribution in [-0.4, -0.2) is 46.3 Å². The molecule has 10 heteroatoms. The van der Waals surface area contributed by atoms with Gasteiger partial charge >= 0.3 is 6.18 Å². The number of carbonyl (C=O) groups is 1. The number of rotatable bonds is 4. The van der Waals surface area contributed by atoms with Crippen molar-refractivity contribution in [3.8, 4) is 11.6 Å². The summed E-state index contributed by atoms with van der Waals surface area (Å²) in [6.45, 7) is 1.86. The minimum absolute atomic E-state index is 0.00337. The first-order chi connectivity index (χ1) is 18.6. The Hall–Kier alpha value is -3.66. The smallest absolute Gasteiger partial charge is 0.423 e. The quantitative estimate of drug-likeness (QED) is 0.444. The second-order valence-electron chi connectivity index (χ2n) is 11.2. The fourth-order valence-corrected chi connectivity index (χ4v) is 6.73. The molecule has 3 aromatic rings. The zero-order valence-electron chi connectivity index (χ0n) is 21.7. The molecule has 0 bridgehead atoms. The molecule has 202 valence electrons. The van der Waals surface area contributed by atoms with Gasteiger partial charge in [0.15, 0.2) is 0 Å². The molecule has 3 heterocycles. The van der Waals surface area contributed by atoms with E-state index in [-0.39, 0.29) is 23.1 Å². The number of fused-ring (bicyclic) bond motifs is 2. The van der Waals surface area contributed by atoms with E-state index >= 15 is 0 Å². The molecular weight excluding hydrogens is 507 g/mol. The monoisotopic (exact) mass is 535 g/mol. The predicted octanol–water partition coefficient (Wildman–Crippen LogP) is 5.97. The van der Waals surface area contributed by atoms with Gasteiger partial charge in [0, 0.05) is 32.0 Å². The molecule has 1 unspecified atom stereocenters. The van der Waals surface area contributed by atoms with Crippen molar-refractivity contribution in [2.75, 3.05) is 26.0 Å². The van der Waals surface area contributed by atoms with Gasteiger partial charge in [-0.25, -0.2) is 4.98 Å². The average Bonchev–Trinajstić information content (AvgIpc) is 3.65. The van der Waals surface area contributed by atoms with Crippen LogP contribution >= 0.6 is 0 Å². The highest BCUT2D eigenvalue weighted by Crippen LogP contribution is 2.57. The van der Waals surface area contributed by atoms with E-state index in [0.29, 0.717) is 11.5 Å². The van der Waals surface area contributed by atoms with E-state index in [1.54, 1.807) is 18.0 Å². The molecule has 1 aromatic heterocycles. The van der Waals surface area contributed by atoms with Crippen molar-refractivity contribution in [1.29, 1.82) is 0 Å². The number of benzene rings is 2. The Balaban J connectivity index is 1.25. The molecule has 39 heavy (non-hydrogen) atoms. The van der Waals surface area contributed by atoms with Crippen molar-refractivity contribution in [3.05, 3.63) is 69.9 Å². The maximum Gasteiger partial charge on any atom is 0.423 e. The first-order valence-corrected chi connectivity index (χ1v) is 13.3. The second kappa shape index (κ2) is 8.42. The van der Waals surface area contributed by atoms with E-state index in [1.165, 1.54) is 29.2 Å². The maximum absolute atomic E-state index is 14.0. The normalized spacial score (nSPS) is 21.1. The number of carbonyl (C=O) groups excluding carboxylic acids is 1. The minimum Gasteiger partial charge on any atom is -0.437 e. The molecule has 2 aliphatic carbocycles. The third-order valence-corrected chi connectivity index (χ3v) is 8.66. The van der Waals surface area contributed by atoms with E-state index in [1.807, 2.05) is 12.1 Å². The summed E-state index contributed by atoms with van der Waals surface area (Å²) in [5, 5.41) is 3.12. The number of hydrogen-bond acceptors (Lipinski definition) is 6. The van der Waals surface area contributed by atoms with Crippen molar-refractivity contribution in [2.45, 2.75) is 56.3 Å². The number of aromatic nitrogens is 2. The number of amides is 1. The van der Waals surface area contributed by atoms with E-state index in [9.17, 15) is 18.0 Å². The Morgan fingerprint density at radius 2 is 1.95 bits per heavy atom. The van der Waals surface area contributed by atoms with Gasteiger partial charge in [0.25, 0.3) is 5.91 Å². The van der Waals surface area contributed by atoms with Crippen molar-refractivity contribution in [3.63, 3.8) is 0 Å². The summed E-state index contributed by atoms with van der Waals surface area (Å²) >= 11 is 0. The van der Waals surface area contributed by atoms with Crippen LogP contribution in [0.5, 0.6) is 11.6 Å². The van der Waals surface area contributed by atoms with Gasteiger partial charge < -0.3 is 19.9 Å². The van der Waals surface area contributed by atoms with E-state index in [4.69, 9.17) is 4.74 Å². The molecule has 1 N–H and O–H groups in total. The number of aryl methyl sites for hydroxylation is 1. The lowest BCUT2D eigenvalue weighted by Crippen LogP contribution is -2.33. The molecule has 1 spiro atoms. The molecule has 4 aliphatic rings. The maximum atomic E-state index is 14.0. The number of halogens is 3. The SMILES string of the molecule is CN1Cc2cc(Nc3ncc(C(F)(F)F)c(Oc4cccc5c4C(=O)N(C)C54CC4)n3)cc3c2C(CCC3)C1. The molecule has 1 fully saturated rings. The topological polar surface area (TPSA) is 70.6 Å². The lowest BCUT2D eigenvalue weighted by molar-refractivity contribution is -0.139. The van der Waals surface area contributed by atoms with Crippen molar-refractivity contribution >= 4 is 17.5 Å². The minimum atomic E-state index is -4.74. The van der Waals surface area contributed by atoms with Gasteiger partial charge in [-0.1, -0.05) is 12.1 Å². The van der Waals surface area contributed by atoms with Gasteiger partial charge in [-0.15, -0.1) is 0 Å². The van der Waals surface area contributed by atoms with Crippen molar-refractivity contribution < 1.29 is 22.7 Å². The van der Waals surface area contributed by atoms with Crippen LogP contribution in [0.4, 0.5) is 24.8 Å². The Morgan fingerprint density at radius 1 is 1.15 bits per heavy atom. The van der Waals surface area contributed by atoms with Crippen molar-refractivity contribution in [2.24, 2.45) is 0 Å². The Labute approximate surface area is 224 Å². The Morgan fingerprint density at radius 3 is 2.72 bits per heavy atom. The Kier molecular flexibility index (Phi) is 5.26. The summed E-state index contributed by atoms with van der Waals surface area (Å²) in [6.07, 6.45) is 0.892. The molecule has 2 aliphatic heterocycles. The highest BCUT2D eigenvalue weighted by atomic mass is 19.4. The van der Waals surface area contributed by atoms with Crippen LogP contribution in [0.25, 0.3) is 0 Å². The Bertz CT molecular complexity index is 1520. The molecule has 0 saturated heterocycles. The summed E-state index contributed by atoms with van der Waals surface area (Å²) in [6, 6.07) is 9.17. The van der Waals surface area contributed by atoms with Crippen LogP contribution in [0.3, 0.4) is 0 Å². The molecule has 0 radical (unpaired) electrons. The fourth-order valence-electron chi connectivity index (χ4n) is 6.73. The van der Waals surface area contributed by atoms with Crippen LogP contribution in [-0.2, 0) is 24.7 Å². The number of nitrogens with one attached hydrogen (secondary N) is 1. The lowest BCUT2D eigenvalue weighted by Gasteiger charge is -2.37. The van der Waals surface area contributed by atoms with E-state index < -0.39 is 17.6 Å². The summed E-state index contributed by atoms with van der Waals surface area (Å²) in [5.74, 6) is -0.319. The molecule has 2 aromatic carbocycles. The van der Waals surface area contributed by atoms with Gasteiger partial charge in [0.1, 0.15) is 11.3 Å². The van der Waals surface area contributed by atoms with E-state index in [0.717, 1.165) is 56.2 Å². The van der Waals surface area contributed by atoms with Crippen LogP contribution in [0.2, 0.25) is 0 Å². The average molecular weight is 536 g/mol. The fraction of sp³-hybridized carbons (Fsp3) is 0.414. The molecule has 1 saturated carbocycles. The number of hydrogen-bond donors (Lipinski definition) is 1. The van der Waals surface area contributed by atoms with Gasteiger partial charge in [0.2, 0.25) is 11.8 Å². The van der Waals surface area contributed by atoms with Gasteiger partial charge in [0.05, 0.1) is 11.1 Å². The first kappa shape index (κ1) is 24.4. The summed E-state index contributed by atoms with van der Waals surface area (Å²) < 4.78 is 47.7. The summed E-state index contributed by atoms with van der Waals surface area (Å²) in [4.78, 5) is 25.2. The highest BCUT2D eigenvalue weighted by molar-refractivity contribution is 6.03. The van der Waals surface area contributed by atoms with Crippen LogP contribution in [0.1, 0.15) is 69.8 Å². The zero-order valence-corrected chi connectivity index (χ0v) is 21.7. The number of alkyl halides is 3. The predicted molar refractivity (Wildman–Crippen MR) is 138 cm³/mol. The van der Waals surface area contributed by atoms with Gasteiger partial charge in [-0.3, -0.25) is 4.79 Å². The zero-order chi connectivity index (χ0) is 27.1. The summed E-state index contributed by atoms with van der Waals surface area (Å²) in [7, 11) is 3.83. The molecular formula is C29H28F3N5O2. The van der Waals surface area contributed by atoms with Gasteiger partial charge in [-0.05, 0) is 85.5 Å². The summed E-state index contributed by atoms with van der Waals surface area (Å²) in [5.41, 5.74) is 4.27. The first-order valence-electron chi connectivity index (χ1n) is 13.3. The number of anilines is 2. The highest BCUT2D eigenvalue weighted by Gasteiger charge is 2.57. The molecule has 1 atom stereocenters. The number of nitrogens with zero attached hydrogens (tertiary/aromatic N) is 4. The third-order valence-electron chi connectivity index (χ3n) is 8.66. The van der Waals surface area contributed by atoms with Crippen LogP contribution < -0.4 is 10.1 Å². The van der Waals surface area contributed by atoms with Crippen LogP contribution in [0, 0.1) is 0 Å². The second-order valence-corrected chi connectivity index (χ2v) is 11.2. The largest absolute Gasteiger partial charge is 0.437 e. The molecule has 1 amide bonds. The lowest BCUT2D eigenvalue weighted by atomic mass is 9.77. The van der Waals surface area contributed by atoms with Crippen molar-refractivity contribution in [1.82, 2.24) is 19.8 Å². The number of likely N-dealkylation sites (N-methyl/N-ethyl adjacent to an activating group) is 1.